The summed E-state index contributed by atoms with van der Waals surface area (Å²) in [6.45, 7) is 2.00. The summed E-state index contributed by atoms with van der Waals surface area (Å²) in [7, 11) is 1.75. The van der Waals surface area contributed by atoms with Gasteiger partial charge in [0.25, 0.3) is 0 Å². The number of nitrogens with zero attached hydrogens (tertiary/aromatic N) is 1. The molecule has 1 amide bonds. The summed E-state index contributed by atoms with van der Waals surface area (Å²) in [6.07, 6.45) is 0. The summed E-state index contributed by atoms with van der Waals surface area (Å²) in [5, 5.41) is 0. The van der Waals surface area contributed by atoms with Crippen LogP contribution < -0.4 is 10.6 Å². The van der Waals surface area contributed by atoms with Crippen LogP contribution in [0.1, 0.15) is 17.2 Å². The largest absolute Gasteiger partial charge is 0.316 e. The number of rotatable bonds is 0. The van der Waals surface area contributed by atoms with Crippen molar-refractivity contribution in [2.24, 2.45) is 5.73 Å². The van der Waals surface area contributed by atoms with Gasteiger partial charge in [0, 0.05) is 18.3 Å². The topological polar surface area (TPSA) is 46.3 Å². The molecule has 68 valence electrons. The van der Waals surface area contributed by atoms with Crippen molar-refractivity contribution in [2.75, 3.05) is 11.9 Å². The minimum Gasteiger partial charge on any atom is -0.316 e. The summed E-state index contributed by atoms with van der Waals surface area (Å²) >= 11 is 0. The maximum Gasteiger partial charge on any atom is 0.248 e. The molecule has 0 bridgehead atoms. The lowest BCUT2D eigenvalue weighted by Crippen LogP contribution is -2.27. The number of anilines is 1. The molecule has 13 heavy (non-hydrogen) atoms. The molecular formula is C10H12N2O. The molecule has 0 aliphatic carbocycles. The fourth-order valence-electron chi connectivity index (χ4n) is 1.69. The molecule has 1 aromatic rings. The van der Waals surface area contributed by atoms with Gasteiger partial charge in [0.15, 0.2) is 0 Å². The zero-order valence-electron chi connectivity index (χ0n) is 7.74. The first kappa shape index (κ1) is 8.26. The number of carbonyl (C=O) groups excluding carboxylic acids is 1. The SMILES string of the molecule is Cc1ccc2c(c1)C(N)C(=O)N2C. The lowest BCUT2D eigenvalue weighted by atomic mass is 10.1. The van der Waals surface area contributed by atoms with Gasteiger partial charge in [-0.15, -0.1) is 0 Å². The molecule has 1 heterocycles. The quantitative estimate of drug-likeness (QED) is 0.640. The zero-order valence-corrected chi connectivity index (χ0v) is 7.74. The number of amides is 1. The van der Waals surface area contributed by atoms with E-state index in [1.54, 1.807) is 11.9 Å². The van der Waals surface area contributed by atoms with Crippen molar-refractivity contribution < 1.29 is 4.79 Å². The average Bonchev–Trinajstić information content (AvgIpc) is 2.32. The molecule has 2 rings (SSSR count). The van der Waals surface area contributed by atoms with Crippen molar-refractivity contribution in [1.29, 1.82) is 0 Å². The summed E-state index contributed by atoms with van der Waals surface area (Å²) < 4.78 is 0. The van der Waals surface area contributed by atoms with Gasteiger partial charge in [-0.25, -0.2) is 0 Å². The van der Waals surface area contributed by atoms with Crippen LogP contribution in [0.4, 0.5) is 5.69 Å². The molecule has 1 atom stereocenters. The molecule has 0 fully saturated rings. The molecule has 0 spiro atoms. The molecule has 3 nitrogen and oxygen atoms in total. The van der Waals surface area contributed by atoms with E-state index in [4.69, 9.17) is 5.73 Å². The van der Waals surface area contributed by atoms with Gasteiger partial charge < -0.3 is 10.6 Å². The monoisotopic (exact) mass is 176 g/mol. The van der Waals surface area contributed by atoms with E-state index in [1.165, 1.54) is 0 Å². The summed E-state index contributed by atoms with van der Waals surface area (Å²) in [6, 6.07) is 5.43. The summed E-state index contributed by atoms with van der Waals surface area (Å²) in [5.41, 5.74) is 8.77. The van der Waals surface area contributed by atoms with E-state index in [2.05, 4.69) is 0 Å². The first-order valence-corrected chi connectivity index (χ1v) is 4.25. The molecular weight excluding hydrogens is 164 g/mol. The number of carbonyl (C=O) groups is 1. The Bertz CT molecular complexity index is 373. The summed E-state index contributed by atoms with van der Waals surface area (Å²) in [5.74, 6) is -0.0272. The second-order valence-electron chi connectivity index (χ2n) is 3.44. The average molecular weight is 176 g/mol. The van der Waals surface area contributed by atoms with Gasteiger partial charge >= 0.3 is 0 Å². The minimum atomic E-state index is -0.472. The Morgan fingerprint density at radius 1 is 1.46 bits per heavy atom. The summed E-state index contributed by atoms with van der Waals surface area (Å²) in [4.78, 5) is 13.1. The van der Waals surface area contributed by atoms with Crippen LogP contribution in [0.3, 0.4) is 0 Å². The van der Waals surface area contributed by atoms with Crippen LogP contribution in [0.2, 0.25) is 0 Å². The minimum absolute atomic E-state index is 0.0272. The molecule has 0 aromatic heterocycles. The molecule has 1 aromatic carbocycles. The van der Waals surface area contributed by atoms with Gasteiger partial charge in [0.05, 0.1) is 0 Å². The van der Waals surface area contributed by atoms with Crippen molar-refractivity contribution >= 4 is 11.6 Å². The molecule has 0 saturated heterocycles. The maximum absolute atomic E-state index is 11.5. The highest BCUT2D eigenvalue weighted by molar-refractivity contribution is 6.04. The number of nitrogens with two attached hydrogens (primary N) is 1. The van der Waals surface area contributed by atoms with Crippen LogP contribution in [0.5, 0.6) is 0 Å². The Balaban J connectivity index is 2.60. The van der Waals surface area contributed by atoms with Gasteiger partial charge in [0.2, 0.25) is 5.91 Å². The maximum atomic E-state index is 11.5. The standard InChI is InChI=1S/C10H12N2O/c1-6-3-4-8-7(5-6)9(11)10(13)12(8)2/h3-5,9H,11H2,1-2H3. The molecule has 1 aliphatic heterocycles. The Morgan fingerprint density at radius 2 is 2.15 bits per heavy atom. The van der Waals surface area contributed by atoms with E-state index in [0.717, 1.165) is 16.8 Å². The molecule has 2 N–H and O–H groups in total. The van der Waals surface area contributed by atoms with Crippen molar-refractivity contribution in [1.82, 2.24) is 0 Å². The van der Waals surface area contributed by atoms with Crippen LogP contribution in [-0.4, -0.2) is 13.0 Å². The first-order valence-electron chi connectivity index (χ1n) is 4.25. The number of aryl methyl sites for hydroxylation is 1. The van der Waals surface area contributed by atoms with E-state index < -0.39 is 6.04 Å². The number of hydrogen-bond acceptors (Lipinski definition) is 2. The van der Waals surface area contributed by atoms with Crippen LogP contribution in [0, 0.1) is 6.92 Å². The molecule has 1 aliphatic rings. The normalized spacial score (nSPS) is 20.7. The van der Waals surface area contributed by atoms with Gasteiger partial charge in [-0.2, -0.15) is 0 Å². The Kier molecular flexibility index (Phi) is 1.63. The van der Waals surface area contributed by atoms with Crippen molar-refractivity contribution in [3.63, 3.8) is 0 Å². The van der Waals surface area contributed by atoms with Gasteiger partial charge in [-0.05, 0) is 13.0 Å². The number of hydrogen-bond donors (Lipinski definition) is 1. The molecule has 0 saturated carbocycles. The third-order valence-corrected chi connectivity index (χ3v) is 2.48. The molecule has 1 unspecified atom stereocenters. The number of benzene rings is 1. The fourth-order valence-corrected chi connectivity index (χ4v) is 1.69. The van der Waals surface area contributed by atoms with E-state index in [0.29, 0.717) is 0 Å². The number of likely N-dealkylation sites (N-methyl/N-ethyl adjacent to an activating group) is 1. The second kappa shape index (κ2) is 2.57. The van der Waals surface area contributed by atoms with Crippen LogP contribution in [0.25, 0.3) is 0 Å². The Morgan fingerprint density at radius 3 is 2.85 bits per heavy atom. The lowest BCUT2D eigenvalue weighted by molar-refractivity contribution is -0.118. The molecule has 3 heteroatoms. The van der Waals surface area contributed by atoms with Gasteiger partial charge in [-0.1, -0.05) is 17.7 Å². The highest BCUT2D eigenvalue weighted by Gasteiger charge is 2.31. The van der Waals surface area contributed by atoms with Crippen molar-refractivity contribution in [3.8, 4) is 0 Å². The van der Waals surface area contributed by atoms with Crippen molar-refractivity contribution in [2.45, 2.75) is 13.0 Å². The van der Waals surface area contributed by atoms with E-state index in [-0.39, 0.29) is 5.91 Å². The Labute approximate surface area is 77.1 Å². The predicted molar refractivity (Wildman–Crippen MR) is 51.5 cm³/mol. The highest BCUT2D eigenvalue weighted by Crippen LogP contribution is 2.33. The van der Waals surface area contributed by atoms with Gasteiger partial charge in [0.1, 0.15) is 6.04 Å². The third kappa shape index (κ3) is 1.04. The van der Waals surface area contributed by atoms with Crippen molar-refractivity contribution in [3.05, 3.63) is 29.3 Å². The first-order chi connectivity index (χ1) is 6.11. The zero-order chi connectivity index (χ0) is 9.59. The molecule has 0 radical (unpaired) electrons. The van der Waals surface area contributed by atoms with E-state index in [9.17, 15) is 4.79 Å². The number of fused-ring (bicyclic) bond motifs is 1. The van der Waals surface area contributed by atoms with E-state index >= 15 is 0 Å². The second-order valence-corrected chi connectivity index (χ2v) is 3.44. The third-order valence-electron chi connectivity index (χ3n) is 2.48. The highest BCUT2D eigenvalue weighted by atomic mass is 16.2. The predicted octanol–water partition coefficient (Wildman–Crippen LogP) is 0.971. The van der Waals surface area contributed by atoms with Crippen LogP contribution in [-0.2, 0) is 4.79 Å². The lowest BCUT2D eigenvalue weighted by Gasteiger charge is -2.09. The van der Waals surface area contributed by atoms with Gasteiger partial charge in [-0.3, -0.25) is 4.79 Å². The smallest absolute Gasteiger partial charge is 0.248 e. The van der Waals surface area contributed by atoms with E-state index in [1.807, 2.05) is 25.1 Å². The Hall–Kier alpha value is -1.35. The van der Waals surface area contributed by atoms with Crippen LogP contribution >= 0.6 is 0 Å². The van der Waals surface area contributed by atoms with Crippen LogP contribution in [0.15, 0.2) is 18.2 Å². The fraction of sp³-hybridized carbons (Fsp3) is 0.300.